The van der Waals surface area contributed by atoms with Crippen molar-refractivity contribution in [2.24, 2.45) is 5.92 Å². The third-order valence-corrected chi connectivity index (χ3v) is 6.34. The SMILES string of the molecule is CC(C)(C)c1cc(C(=O)Cn2ccn(CCC3CCC3)c2=N)cc(C(C)(C)C)c1O. The Kier molecular flexibility index (Phi) is 6.03. The Balaban J connectivity index is 1.86. The van der Waals surface area contributed by atoms with Gasteiger partial charge in [0.05, 0.1) is 6.54 Å². The average Bonchev–Trinajstić information content (AvgIpc) is 2.92. The van der Waals surface area contributed by atoms with Gasteiger partial charge in [0.25, 0.3) is 0 Å². The van der Waals surface area contributed by atoms with Crippen LogP contribution in [0.3, 0.4) is 0 Å². The predicted molar refractivity (Wildman–Crippen MR) is 120 cm³/mol. The summed E-state index contributed by atoms with van der Waals surface area (Å²) in [7, 11) is 0. The lowest BCUT2D eigenvalue weighted by Gasteiger charge is -2.28. The first-order chi connectivity index (χ1) is 13.9. The van der Waals surface area contributed by atoms with Gasteiger partial charge in [0.1, 0.15) is 5.75 Å². The number of imidazole rings is 1. The molecule has 1 heterocycles. The number of aryl methyl sites for hydroxylation is 1. The first-order valence-corrected chi connectivity index (χ1v) is 11.1. The van der Waals surface area contributed by atoms with Crippen molar-refractivity contribution >= 4 is 5.78 Å². The molecule has 30 heavy (non-hydrogen) atoms. The minimum atomic E-state index is -0.279. The molecule has 0 saturated heterocycles. The summed E-state index contributed by atoms with van der Waals surface area (Å²) in [6.07, 6.45) is 8.79. The average molecular weight is 412 g/mol. The van der Waals surface area contributed by atoms with Crippen LogP contribution in [0, 0.1) is 11.3 Å². The molecule has 0 atom stereocenters. The number of nitrogens with one attached hydrogen (secondary N) is 1. The number of aromatic nitrogens is 2. The van der Waals surface area contributed by atoms with E-state index in [-0.39, 0.29) is 28.9 Å². The van der Waals surface area contributed by atoms with Crippen molar-refractivity contribution in [2.45, 2.75) is 91.1 Å². The van der Waals surface area contributed by atoms with Crippen molar-refractivity contribution in [1.82, 2.24) is 9.13 Å². The van der Waals surface area contributed by atoms with E-state index in [2.05, 4.69) is 0 Å². The van der Waals surface area contributed by atoms with Gasteiger partial charge in [-0.25, -0.2) is 0 Å². The highest BCUT2D eigenvalue weighted by atomic mass is 16.3. The third-order valence-electron chi connectivity index (χ3n) is 6.34. The lowest BCUT2D eigenvalue weighted by Crippen LogP contribution is -2.28. The molecule has 0 radical (unpaired) electrons. The molecule has 1 aromatic heterocycles. The normalized spacial score (nSPS) is 15.3. The minimum absolute atomic E-state index is 0.0405. The number of carbonyl (C=O) groups is 1. The van der Waals surface area contributed by atoms with E-state index < -0.39 is 0 Å². The van der Waals surface area contributed by atoms with Gasteiger partial charge in [0.2, 0.25) is 5.62 Å². The number of phenols is 1. The highest BCUT2D eigenvalue weighted by molar-refractivity contribution is 5.96. The summed E-state index contributed by atoms with van der Waals surface area (Å²) < 4.78 is 3.65. The van der Waals surface area contributed by atoms with E-state index in [9.17, 15) is 9.90 Å². The van der Waals surface area contributed by atoms with Crippen LogP contribution in [0.15, 0.2) is 24.5 Å². The summed E-state index contributed by atoms with van der Waals surface area (Å²) in [6.45, 7) is 13.2. The Morgan fingerprint density at radius 2 is 1.57 bits per heavy atom. The second-order valence-electron chi connectivity index (χ2n) is 10.9. The fraction of sp³-hybridized carbons (Fsp3) is 0.600. The fourth-order valence-electron chi connectivity index (χ4n) is 4.06. The topological polar surface area (TPSA) is 71.0 Å². The minimum Gasteiger partial charge on any atom is -0.507 e. The van der Waals surface area contributed by atoms with Crippen LogP contribution in [0.5, 0.6) is 5.75 Å². The molecule has 0 bridgehead atoms. The molecule has 2 N–H and O–H groups in total. The summed E-state index contributed by atoms with van der Waals surface area (Å²) in [5.41, 5.74) is 1.97. The molecule has 5 nitrogen and oxygen atoms in total. The van der Waals surface area contributed by atoms with Gasteiger partial charge in [0.15, 0.2) is 5.78 Å². The first-order valence-electron chi connectivity index (χ1n) is 11.1. The summed E-state index contributed by atoms with van der Waals surface area (Å²) in [6, 6.07) is 3.65. The second kappa shape index (κ2) is 8.09. The van der Waals surface area contributed by atoms with Crippen LogP contribution >= 0.6 is 0 Å². The zero-order chi connectivity index (χ0) is 22.3. The number of hydrogen-bond donors (Lipinski definition) is 2. The molecule has 1 aromatic carbocycles. The van der Waals surface area contributed by atoms with E-state index in [4.69, 9.17) is 5.41 Å². The molecule has 164 valence electrons. The van der Waals surface area contributed by atoms with Gasteiger partial charge in [-0.2, -0.15) is 0 Å². The van der Waals surface area contributed by atoms with Crippen LogP contribution in [0.4, 0.5) is 0 Å². The number of rotatable bonds is 6. The Hall–Kier alpha value is -2.30. The number of ketones is 1. The highest BCUT2D eigenvalue weighted by Gasteiger charge is 2.28. The van der Waals surface area contributed by atoms with Crippen LogP contribution in [0.25, 0.3) is 0 Å². The Morgan fingerprint density at radius 1 is 1.03 bits per heavy atom. The summed E-state index contributed by atoms with van der Waals surface area (Å²) in [4.78, 5) is 13.2. The molecule has 1 aliphatic rings. The predicted octanol–water partition coefficient (Wildman–Crippen LogP) is 5.14. The largest absolute Gasteiger partial charge is 0.507 e. The molecule has 0 aliphatic heterocycles. The molecular formula is C25H37N3O2. The van der Waals surface area contributed by atoms with E-state index in [1.54, 1.807) is 4.57 Å². The van der Waals surface area contributed by atoms with Crippen LogP contribution in [-0.2, 0) is 23.9 Å². The zero-order valence-corrected chi connectivity index (χ0v) is 19.4. The van der Waals surface area contributed by atoms with Crippen LogP contribution in [-0.4, -0.2) is 20.0 Å². The molecular weight excluding hydrogens is 374 g/mol. The van der Waals surface area contributed by atoms with Crippen LogP contribution < -0.4 is 5.62 Å². The van der Waals surface area contributed by atoms with Gasteiger partial charge < -0.3 is 14.2 Å². The standard InChI is InChI=1S/C25H37N3O2/c1-24(2,3)19-14-18(15-20(22(19)30)25(4,5)6)21(29)16-28-13-12-27(23(28)26)11-10-17-8-7-9-17/h12-15,17,26,30H,7-11,16H2,1-6H3. The Labute approximate surface area is 180 Å². The van der Waals surface area contributed by atoms with Crippen molar-refractivity contribution in [3.05, 3.63) is 46.8 Å². The van der Waals surface area contributed by atoms with Gasteiger partial charge in [-0.15, -0.1) is 0 Å². The number of phenolic OH excluding ortho intramolecular Hbond substituents is 1. The Morgan fingerprint density at radius 3 is 2.03 bits per heavy atom. The lowest BCUT2D eigenvalue weighted by atomic mass is 9.78. The maximum Gasteiger partial charge on any atom is 0.202 e. The zero-order valence-electron chi connectivity index (χ0n) is 19.4. The van der Waals surface area contributed by atoms with Gasteiger partial charge in [-0.1, -0.05) is 60.8 Å². The van der Waals surface area contributed by atoms with Crippen LogP contribution in [0.1, 0.15) is 88.7 Å². The molecule has 1 fully saturated rings. The van der Waals surface area contributed by atoms with Gasteiger partial charge >= 0.3 is 0 Å². The molecule has 2 aromatic rings. The first kappa shape index (κ1) is 22.4. The van der Waals surface area contributed by atoms with Crippen LogP contribution in [0.2, 0.25) is 0 Å². The lowest BCUT2D eigenvalue weighted by molar-refractivity contribution is 0.0969. The van der Waals surface area contributed by atoms with Crippen molar-refractivity contribution in [3.63, 3.8) is 0 Å². The maximum absolute atomic E-state index is 13.2. The van der Waals surface area contributed by atoms with E-state index in [0.717, 1.165) is 30.0 Å². The molecule has 1 aliphatic carbocycles. The van der Waals surface area contributed by atoms with Gasteiger partial charge in [-0.3, -0.25) is 10.2 Å². The molecule has 1 saturated carbocycles. The van der Waals surface area contributed by atoms with E-state index in [1.807, 2.05) is 70.6 Å². The highest BCUT2D eigenvalue weighted by Crippen LogP contribution is 2.39. The molecule has 0 unspecified atom stereocenters. The summed E-state index contributed by atoms with van der Waals surface area (Å²) in [5, 5.41) is 19.3. The van der Waals surface area contributed by atoms with Gasteiger partial charge in [0, 0.05) is 35.6 Å². The fourth-order valence-corrected chi connectivity index (χ4v) is 4.06. The molecule has 0 amide bonds. The second-order valence-corrected chi connectivity index (χ2v) is 10.9. The van der Waals surface area contributed by atoms with Crippen molar-refractivity contribution < 1.29 is 9.90 Å². The number of nitrogens with zero attached hydrogens (tertiary/aromatic N) is 2. The summed E-state index contributed by atoms with van der Waals surface area (Å²) >= 11 is 0. The van der Waals surface area contributed by atoms with Crippen molar-refractivity contribution in [3.8, 4) is 5.75 Å². The number of benzene rings is 1. The monoisotopic (exact) mass is 411 g/mol. The van der Waals surface area contributed by atoms with E-state index >= 15 is 0 Å². The number of hydrogen-bond acceptors (Lipinski definition) is 3. The quantitative estimate of drug-likeness (QED) is 0.646. The van der Waals surface area contributed by atoms with Crippen molar-refractivity contribution in [1.29, 1.82) is 5.41 Å². The smallest absolute Gasteiger partial charge is 0.202 e. The van der Waals surface area contributed by atoms with E-state index in [1.165, 1.54) is 19.3 Å². The Bertz CT molecular complexity index is 944. The van der Waals surface area contributed by atoms with Gasteiger partial charge in [-0.05, 0) is 35.3 Å². The van der Waals surface area contributed by atoms with Crippen molar-refractivity contribution in [2.75, 3.05) is 0 Å². The number of carbonyl (C=O) groups excluding carboxylic acids is 1. The maximum atomic E-state index is 13.2. The van der Waals surface area contributed by atoms with E-state index in [0.29, 0.717) is 11.2 Å². The third kappa shape index (κ3) is 4.71. The summed E-state index contributed by atoms with van der Waals surface area (Å²) in [5.74, 6) is 1.04. The molecule has 5 heteroatoms. The molecule has 3 rings (SSSR count). The molecule has 0 spiro atoms. The number of aromatic hydroxyl groups is 1. The number of Topliss-reactive ketones (excluding diaryl/α,β-unsaturated/α-hetero) is 1.